The average molecular weight is 432 g/mol. The first kappa shape index (κ1) is 21.7. The van der Waals surface area contributed by atoms with E-state index in [0.717, 1.165) is 23.3 Å². The molecule has 2 aromatic carbocycles. The molecule has 4 rings (SSSR count). The minimum atomic E-state index is -0.491. The molecule has 32 heavy (non-hydrogen) atoms. The third-order valence-electron chi connectivity index (χ3n) is 6.05. The van der Waals surface area contributed by atoms with Gasteiger partial charge in [-0.25, -0.2) is 0 Å². The van der Waals surface area contributed by atoms with Gasteiger partial charge < -0.3 is 20.7 Å². The highest BCUT2D eigenvalue weighted by Gasteiger charge is 2.32. The van der Waals surface area contributed by atoms with Gasteiger partial charge in [-0.3, -0.25) is 9.59 Å². The summed E-state index contributed by atoms with van der Waals surface area (Å²) in [6, 6.07) is 13.0. The van der Waals surface area contributed by atoms with E-state index in [9.17, 15) is 9.59 Å². The van der Waals surface area contributed by atoms with Crippen LogP contribution in [0.2, 0.25) is 0 Å². The smallest absolute Gasteiger partial charge is 0.249 e. The lowest BCUT2D eigenvalue weighted by Crippen LogP contribution is -2.43. The van der Waals surface area contributed by atoms with Gasteiger partial charge in [0.2, 0.25) is 11.8 Å². The van der Waals surface area contributed by atoms with E-state index < -0.39 is 5.91 Å². The Morgan fingerprint density at radius 1 is 1.16 bits per heavy atom. The van der Waals surface area contributed by atoms with Crippen molar-refractivity contribution in [3.05, 3.63) is 83.6 Å². The number of dihydropyridines is 1. The van der Waals surface area contributed by atoms with E-state index in [1.807, 2.05) is 59.5 Å². The maximum atomic E-state index is 12.8. The molecule has 0 radical (unpaired) electrons. The van der Waals surface area contributed by atoms with Gasteiger partial charge in [0, 0.05) is 24.6 Å². The molecule has 0 spiro atoms. The fourth-order valence-electron chi connectivity index (χ4n) is 4.36. The van der Waals surface area contributed by atoms with Crippen LogP contribution in [0, 0.1) is 0 Å². The Kier molecular flexibility index (Phi) is 6.30. The topological polar surface area (TPSA) is 84.7 Å². The maximum absolute atomic E-state index is 12.8. The molecule has 0 bridgehead atoms. The SMILES string of the molecule is CC(C)c1ccccc1Oc1ccc(C2CCN(C(=O)C3C=CC=CN3)C2)c(C(N)=O)c1. The molecular formula is C26H29N3O3. The van der Waals surface area contributed by atoms with Crippen molar-refractivity contribution < 1.29 is 14.3 Å². The molecule has 2 atom stereocenters. The fraction of sp³-hybridized carbons (Fsp3) is 0.308. The quantitative estimate of drug-likeness (QED) is 0.722. The first-order chi connectivity index (χ1) is 15.4. The van der Waals surface area contributed by atoms with E-state index in [4.69, 9.17) is 10.5 Å². The van der Waals surface area contributed by atoms with Gasteiger partial charge in [0.05, 0.1) is 0 Å². The predicted molar refractivity (Wildman–Crippen MR) is 125 cm³/mol. The molecule has 1 fully saturated rings. The van der Waals surface area contributed by atoms with Crippen LogP contribution in [0.1, 0.15) is 53.6 Å². The summed E-state index contributed by atoms with van der Waals surface area (Å²) in [6.45, 7) is 5.44. The normalized spacial score (nSPS) is 19.8. The van der Waals surface area contributed by atoms with Crippen LogP contribution in [0.25, 0.3) is 0 Å². The minimum absolute atomic E-state index is 0.0407. The zero-order valence-electron chi connectivity index (χ0n) is 18.5. The number of primary amides is 1. The van der Waals surface area contributed by atoms with Gasteiger partial charge in [-0.1, -0.05) is 50.3 Å². The zero-order valence-corrected chi connectivity index (χ0v) is 18.5. The van der Waals surface area contributed by atoms with Crippen LogP contribution < -0.4 is 15.8 Å². The number of nitrogens with one attached hydrogen (secondary N) is 1. The Hall–Kier alpha value is -3.54. The Balaban J connectivity index is 1.53. The van der Waals surface area contributed by atoms with E-state index in [1.165, 1.54) is 0 Å². The molecule has 2 heterocycles. The highest BCUT2D eigenvalue weighted by atomic mass is 16.5. The number of para-hydroxylation sites is 1. The van der Waals surface area contributed by atoms with E-state index in [0.29, 0.717) is 30.3 Å². The summed E-state index contributed by atoms with van der Waals surface area (Å²) in [6.07, 6.45) is 8.14. The van der Waals surface area contributed by atoms with E-state index in [1.54, 1.807) is 12.3 Å². The molecule has 0 saturated carbocycles. The van der Waals surface area contributed by atoms with E-state index in [-0.39, 0.29) is 17.9 Å². The molecule has 2 aliphatic rings. The Morgan fingerprint density at radius 3 is 2.69 bits per heavy atom. The second-order valence-corrected chi connectivity index (χ2v) is 8.57. The third kappa shape index (κ3) is 4.54. The predicted octanol–water partition coefficient (Wildman–Crippen LogP) is 4.06. The van der Waals surface area contributed by atoms with Gasteiger partial charge in [-0.2, -0.15) is 0 Å². The number of benzene rings is 2. The van der Waals surface area contributed by atoms with Crippen LogP contribution in [-0.4, -0.2) is 35.8 Å². The summed E-state index contributed by atoms with van der Waals surface area (Å²) in [5.41, 5.74) is 8.14. The van der Waals surface area contributed by atoms with Crippen molar-refractivity contribution in [2.24, 2.45) is 5.73 Å². The Bertz CT molecular complexity index is 1070. The maximum Gasteiger partial charge on any atom is 0.249 e. The highest BCUT2D eigenvalue weighted by molar-refractivity contribution is 5.95. The molecule has 2 aromatic rings. The van der Waals surface area contributed by atoms with Crippen LogP contribution in [0.3, 0.4) is 0 Å². The summed E-state index contributed by atoms with van der Waals surface area (Å²) < 4.78 is 6.12. The monoisotopic (exact) mass is 431 g/mol. The number of nitrogens with two attached hydrogens (primary N) is 1. The number of nitrogens with zero attached hydrogens (tertiary/aromatic N) is 1. The molecule has 0 aliphatic carbocycles. The molecule has 1 saturated heterocycles. The fourth-order valence-corrected chi connectivity index (χ4v) is 4.36. The van der Waals surface area contributed by atoms with Gasteiger partial charge in [0.1, 0.15) is 17.5 Å². The van der Waals surface area contributed by atoms with Crippen molar-refractivity contribution in [3.8, 4) is 11.5 Å². The Labute approximate surface area is 188 Å². The summed E-state index contributed by atoms with van der Waals surface area (Å²) in [5.74, 6) is 1.26. The standard InChI is InChI=1S/C26H29N3O3/c1-17(2)20-7-3-4-9-24(20)32-19-10-11-21(22(15-19)25(27)30)18-12-14-29(16-18)26(31)23-8-5-6-13-28-23/h3-11,13,15,17-18,23,28H,12,14,16H2,1-2H3,(H2,27,30). The second-order valence-electron chi connectivity index (χ2n) is 8.57. The number of carbonyl (C=O) groups is 2. The summed E-state index contributed by atoms with van der Waals surface area (Å²) in [7, 11) is 0. The number of rotatable bonds is 6. The van der Waals surface area contributed by atoms with Crippen molar-refractivity contribution in [3.63, 3.8) is 0 Å². The van der Waals surface area contributed by atoms with Crippen LogP contribution in [0.4, 0.5) is 0 Å². The van der Waals surface area contributed by atoms with Gasteiger partial charge in [0.15, 0.2) is 0 Å². The number of amides is 2. The van der Waals surface area contributed by atoms with Crippen molar-refractivity contribution in [2.75, 3.05) is 13.1 Å². The lowest BCUT2D eigenvalue weighted by Gasteiger charge is -2.23. The summed E-state index contributed by atoms with van der Waals surface area (Å²) >= 11 is 0. The molecule has 2 aliphatic heterocycles. The molecule has 3 N–H and O–H groups in total. The van der Waals surface area contributed by atoms with Crippen LogP contribution in [0.5, 0.6) is 11.5 Å². The lowest BCUT2D eigenvalue weighted by molar-refractivity contribution is -0.131. The van der Waals surface area contributed by atoms with Crippen LogP contribution in [0.15, 0.2) is 66.9 Å². The largest absolute Gasteiger partial charge is 0.457 e. The molecular weight excluding hydrogens is 402 g/mol. The number of hydrogen-bond donors (Lipinski definition) is 2. The van der Waals surface area contributed by atoms with Crippen molar-refractivity contribution >= 4 is 11.8 Å². The molecule has 2 amide bonds. The average Bonchev–Trinajstić information content (AvgIpc) is 3.29. The van der Waals surface area contributed by atoms with Gasteiger partial charge >= 0.3 is 0 Å². The third-order valence-corrected chi connectivity index (χ3v) is 6.05. The van der Waals surface area contributed by atoms with Crippen LogP contribution >= 0.6 is 0 Å². The van der Waals surface area contributed by atoms with Crippen molar-refractivity contribution in [1.29, 1.82) is 0 Å². The molecule has 166 valence electrons. The number of carbonyl (C=O) groups excluding carboxylic acids is 2. The van der Waals surface area contributed by atoms with E-state index in [2.05, 4.69) is 19.2 Å². The van der Waals surface area contributed by atoms with Crippen molar-refractivity contribution in [1.82, 2.24) is 10.2 Å². The van der Waals surface area contributed by atoms with Crippen LogP contribution in [-0.2, 0) is 4.79 Å². The number of likely N-dealkylation sites (tertiary alicyclic amines) is 1. The number of hydrogen-bond acceptors (Lipinski definition) is 4. The molecule has 2 unspecified atom stereocenters. The zero-order chi connectivity index (χ0) is 22.7. The summed E-state index contributed by atoms with van der Waals surface area (Å²) in [5, 5.41) is 3.07. The Morgan fingerprint density at radius 2 is 1.97 bits per heavy atom. The van der Waals surface area contributed by atoms with Gasteiger partial charge in [-0.05, 0) is 53.9 Å². The highest BCUT2D eigenvalue weighted by Crippen LogP contribution is 2.35. The summed E-state index contributed by atoms with van der Waals surface area (Å²) in [4.78, 5) is 26.9. The first-order valence-electron chi connectivity index (χ1n) is 11.0. The minimum Gasteiger partial charge on any atom is -0.457 e. The van der Waals surface area contributed by atoms with Crippen molar-refractivity contribution in [2.45, 2.75) is 38.1 Å². The van der Waals surface area contributed by atoms with Gasteiger partial charge in [-0.15, -0.1) is 0 Å². The molecule has 6 heteroatoms. The van der Waals surface area contributed by atoms with Gasteiger partial charge in [0.25, 0.3) is 0 Å². The molecule has 0 aromatic heterocycles. The number of ether oxygens (including phenoxy) is 1. The number of allylic oxidation sites excluding steroid dienone is 2. The van der Waals surface area contributed by atoms with E-state index >= 15 is 0 Å². The molecule has 6 nitrogen and oxygen atoms in total. The first-order valence-corrected chi connectivity index (χ1v) is 11.0. The lowest BCUT2D eigenvalue weighted by atomic mass is 9.93. The second kappa shape index (κ2) is 9.30.